The quantitative estimate of drug-likeness (QED) is 0.634. The summed E-state index contributed by atoms with van der Waals surface area (Å²) in [4.78, 5) is 13.1. The predicted octanol–water partition coefficient (Wildman–Crippen LogP) is 3.38. The van der Waals surface area contributed by atoms with Gasteiger partial charge >= 0.3 is 0 Å². The Morgan fingerprint density at radius 2 is 1.73 bits per heavy atom. The first-order chi connectivity index (χ1) is 14.2. The van der Waals surface area contributed by atoms with Gasteiger partial charge in [-0.2, -0.15) is 5.10 Å². The number of nitrogens with zero attached hydrogens (tertiary/aromatic N) is 2. The number of aromatic nitrogens is 2. The van der Waals surface area contributed by atoms with Gasteiger partial charge in [-0.25, -0.2) is 0 Å². The van der Waals surface area contributed by atoms with Gasteiger partial charge < -0.3 is 15.4 Å². The Balaban J connectivity index is 0.00000256. The summed E-state index contributed by atoms with van der Waals surface area (Å²) in [5, 5.41) is 10.8. The number of amides is 1. The monoisotopic (exact) mass is 426 g/mol. The molecule has 3 aromatic rings. The van der Waals surface area contributed by atoms with Crippen LogP contribution in [0, 0.1) is 0 Å². The van der Waals surface area contributed by atoms with Crippen molar-refractivity contribution in [1.82, 2.24) is 20.4 Å². The number of ether oxygens (including phenoxy) is 1. The Labute approximate surface area is 183 Å². The molecule has 1 aliphatic rings. The van der Waals surface area contributed by atoms with Crippen molar-refractivity contribution in [2.75, 3.05) is 20.2 Å². The molecule has 0 unspecified atom stereocenters. The van der Waals surface area contributed by atoms with E-state index in [0.29, 0.717) is 6.54 Å². The minimum absolute atomic E-state index is 0. The highest BCUT2D eigenvalue weighted by molar-refractivity contribution is 5.85. The molecule has 1 saturated heterocycles. The van der Waals surface area contributed by atoms with E-state index in [1.165, 1.54) is 0 Å². The van der Waals surface area contributed by atoms with Gasteiger partial charge in [-0.05, 0) is 60.8 Å². The van der Waals surface area contributed by atoms with E-state index in [4.69, 9.17) is 4.74 Å². The maximum Gasteiger partial charge on any atom is 0.248 e. The van der Waals surface area contributed by atoms with Crippen molar-refractivity contribution in [2.45, 2.75) is 24.9 Å². The molecule has 4 rings (SSSR count). The van der Waals surface area contributed by atoms with Gasteiger partial charge in [0.2, 0.25) is 5.91 Å². The Kier molecular flexibility index (Phi) is 7.13. The van der Waals surface area contributed by atoms with Gasteiger partial charge in [0.1, 0.15) is 11.3 Å². The average molecular weight is 427 g/mol. The van der Waals surface area contributed by atoms with Crippen molar-refractivity contribution >= 4 is 18.3 Å². The molecule has 0 atom stereocenters. The van der Waals surface area contributed by atoms with Crippen molar-refractivity contribution < 1.29 is 9.53 Å². The first kappa shape index (κ1) is 21.9. The van der Waals surface area contributed by atoms with Crippen molar-refractivity contribution in [1.29, 1.82) is 0 Å². The number of nitrogens with one attached hydrogen (secondary N) is 2. The first-order valence-corrected chi connectivity index (χ1v) is 9.94. The summed E-state index contributed by atoms with van der Waals surface area (Å²) in [5.41, 5.74) is 2.72. The zero-order valence-corrected chi connectivity index (χ0v) is 17.8. The van der Waals surface area contributed by atoms with E-state index >= 15 is 0 Å². The average Bonchev–Trinajstić information content (AvgIpc) is 3.34. The summed E-state index contributed by atoms with van der Waals surface area (Å²) in [6.07, 6.45) is 5.08. The lowest BCUT2D eigenvalue weighted by atomic mass is 9.87. The largest absolute Gasteiger partial charge is 0.497 e. The van der Waals surface area contributed by atoms with Gasteiger partial charge in [-0.3, -0.25) is 9.48 Å². The molecule has 6 nitrogen and oxygen atoms in total. The number of hydrogen-bond donors (Lipinski definition) is 2. The van der Waals surface area contributed by atoms with Gasteiger partial charge in [-0.15, -0.1) is 12.4 Å². The van der Waals surface area contributed by atoms with E-state index < -0.39 is 5.54 Å². The molecule has 0 radical (unpaired) electrons. The number of hydrogen-bond acceptors (Lipinski definition) is 4. The zero-order chi connectivity index (χ0) is 20.1. The summed E-state index contributed by atoms with van der Waals surface area (Å²) >= 11 is 0. The van der Waals surface area contributed by atoms with Gasteiger partial charge in [0.25, 0.3) is 0 Å². The molecule has 0 aliphatic carbocycles. The third-order valence-corrected chi connectivity index (χ3v) is 5.63. The number of piperidine rings is 1. The van der Waals surface area contributed by atoms with E-state index in [-0.39, 0.29) is 18.3 Å². The summed E-state index contributed by atoms with van der Waals surface area (Å²) in [5.74, 6) is 0.874. The van der Waals surface area contributed by atoms with Crippen molar-refractivity contribution in [3.05, 3.63) is 72.6 Å². The lowest BCUT2D eigenvalue weighted by molar-refractivity contribution is -0.132. The Hall–Kier alpha value is -2.83. The van der Waals surface area contributed by atoms with Crippen LogP contribution in [0.5, 0.6) is 5.75 Å². The van der Waals surface area contributed by atoms with Crippen molar-refractivity contribution in [3.63, 3.8) is 0 Å². The van der Waals surface area contributed by atoms with Crippen LogP contribution in [-0.2, 0) is 16.9 Å². The number of halogens is 1. The minimum atomic E-state index is -0.613. The highest BCUT2D eigenvalue weighted by Gasteiger charge is 2.41. The van der Waals surface area contributed by atoms with Crippen molar-refractivity contribution in [3.8, 4) is 16.9 Å². The standard InChI is InChI=1S/C23H26N4O2.ClH/c1-29-21-9-7-20(8-10-21)19-5-3-18(4-6-19)17-25-22(28)23(11-14-24-15-12-23)27-16-2-13-26-27;/h2-10,13,16,24H,11-12,14-15,17H2,1H3,(H,25,28);1H. The SMILES string of the molecule is COc1ccc(-c2ccc(CNC(=O)C3(n4cccn4)CCNCC3)cc2)cc1.Cl. The molecule has 2 heterocycles. The molecule has 30 heavy (non-hydrogen) atoms. The third-order valence-electron chi connectivity index (χ3n) is 5.63. The van der Waals surface area contributed by atoms with Gasteiger partial charge in [0.15, 0.2) is 0 Å². The maximum atomic E-state index is 13.1. The van der Waals surface area contributed by atoms with Crippen LogP contribution in [0.2, 0.25) is 0 Å². The van der Waals surface area contributed by atoms with Crippen molar-refractivity contribution in [2.24, 2.45) is 0 Å². The van der Waals surface area contributed by atoms with Crippen LogP contribution in [-0.4, -0.2) is 35.9 Å². The molecule has 1 aliphatic heterocycles. The van der Waals surface area contributed by atoms with Crippen LogP contribution in [0.15, 0.2) is 67.0 Å². The summed E-state index contributed by atoms with van der Waals surface area (Å²) < 4.78 is 7.03. The lowest BCUT2D eigenvalue weighted by Crippen LogP contribution is -2.54. The predicted molar refractivity (Wildman–Crippen MR) is 120 cm³/mol. The van der Waals surface area contributed by atoms with Crippen LogP contribution in [0.1, 0.15) is 18.4 Å². The van der Waals surface area contributed by atoms with Crippen LogP contribution in [0.3, 0.4) is 0 Å². The smallest absolute Gasteiger partial charge is 0.248 e. The first-order valence-electron chi connectivity index (χ1n) is 9.94. The summed E-state index contributed by atoms with van der Waals surface area (Å²) in [6, 6.07) is 18.1. The zero-order valence-electron chi connectivity index (χ0n) is 17.0. The van der Waals surface area contributed by atoms with E-state index in [0.717, 1.165) is 48.4 Å². The number of methoxy groups -OCH3 is 1. The second kappa shape index (κ2) is 9.78. The van der Waals surface area contributed by atoms with Crippen LogP contribution in [0.25, 0.3) is 11.1 Å². The van der Waals surface area contributed by atoms with E-state index in [2.05, 4.69) is 40.0 Å². The van der Waals surface area contributed by atoms with E-state index in [9.17, 15) is 4.79 Å². The molecule has 7 heteroatoms. The van der Waals surface area contributed by atoms with Crippen LogP contribution >= 0.6 is 12.4 Å². The second-order valence-electron chi connectivity index (χ2n) is 7.34. The van der Waals surface area contributed by atoms with Gasteiger partial charge in [0.05, 0.1) is 7.11 Å². The summed E-state index contributed by atoms with van der Waals surface area (Å²) in [6.45, 7) is 2.12. The number of carbonyl (C=O) groups is 1. The van der Waals surface area contributed by atoms with Crippen LogP contribution < -0.4 is 15.4 Å². The fraction of sp³-hybridized carbons (Fsp3) is 0.304. The normalized spacial score (nSPS) is 15.1. The molecule has 1 aromatic heterocycles. The number of carbonyl (C=O) groups excluding carboxylic acids is 1. The molecular formula is C23H27ClN4O2. The Morgan fingerprint density at radius 3 is 2.30 bits per heavy atom. The number of benzene rings is 2. The molecule has 0 saturated carbocycles. The molecule has 2 N–H and O–H groups in total. The van der Waals surface area contributed by atoms with E-state index in [1.54, 1.807) is 13.3 Å². The fourth-order valence-electron chi connectivity index (χ4n) is 3.87. The number of rotatable bonds is 6. The van der Waals surface area contributed by atoms with Gasteiger partial charge in [-0.1, -0.05) is 36.4 Å². The fourth-order valence-corrected chi connectivity index (χ4v) is 3.87. The van der Waals surface area contributed by atoms with Gasteiger partial charge in [0, 0.05) is 18.9 Å². The molecule has 0 spiro atoms. The Morgan fingerprint density at radius 1 is 1.10 bits per heavy atom. The molecule has 1 amide bonds. The maximum absolute atomic E-state index is 13.1. The van der Waals surface area contributed by atoms with E-state index in [1.807, 2.05) is 41.2 Å². The molecular weight excluding hydrogens is 400 g/mol. The highest BCUT2D eigenvalue weighted by Crippen LogP contribution is 2.27. The second-order valence-corrected chi connectivity index (χ2v) is 7.34. The third kappa shape index (κ3) is 4.50. The molecule has 1 fully saturated rings. The summed E-state index contributed by atoms with van der Waals surface area (Å²) in [7, 11) is 1.67. The minimum Gasteiger partial charge on any atom is -0.497 e. The molecule has 2 aromatic carbocycles. The highest BCUT2D eigenvalue weighted by atomic mass is 35.5. The molecule has 158 valence electrons. The molecule has 0 bridgehead atoms. The van der Waals surface area contributed by atoms with Crippen LogP contribution in [0.4, 0.5) is 0 Å². The lowest BCUT2D eigenvalue weighted by Gasteiger charge is -2.36. The topological polar surface area (TPSA) is 68.2 Å². The Bertz CT molecular complexity index is 934.